The highest BCUT2D eigenvalue weighted by molar-refractivity contribution is 8.00. The topological polar surface area (TPSA) is 58.2 Å². The highest BCUT2D eigenvalue weighted by Crippen LogP contribution is 2.37. The van der Waals surface area contributed by atoms with Crippen molar-refractivity contribution in [1.82, 2.24) is 0 Å². The molecule has 1 aromatic heterocycles. The molecule has 0 fully saturated rings. The summed E-state index contributed by atoms with van der Waals surface area (Å²) in [5.74, 6) is -0.755. The molecule has 0 radical (unpaired) electrons. The quantitative estimate of drug-likeness (QED) is 0.304. The van der Waals surface area contributed by atoms with Gasteiger partial charge in [0.05, 0.1) is 4.88 Å². The molecular formula is C25H19FN2O2S2. The van der Waals surface area contributed by atoms with Crippen LogP contribution in [0.25, 0.3) is 0 Å². The fourth-order valence-electron chi connectivity index (χ4n) is 3.03. The van der Waals surface area contributed by atoms with Gasteiger partial charge in [0.15, 0.2) is 0 Å². The van der Waals surface area contributed by atoms with E-state index in [0.717, 1.165) is 10.5 Å². The first-order chi connectivity index (χ1) is 15.6. The molecule has 1 unspecified atom stereocenters. The van der Waals surface area contributed by atoms with E-state index in [2.05, 4.69) is 10.6 Å². The van der Waals surface area contributed by atoms with Crippen molar-refractivity contribution >= 4 is 46.3 Å². The number of carbonyl (C=O) groups is 2. The van der Waals surface area contributed by atoms with E-state index in [1.54, 1.807) is 6.07 Å². The van der Waals surface area contributed by atoms with Crippen LogP contribution in [0, 0.1) is 5.82 Å². The second-order valence-corrected chi connectivity index (χ2v) is 8.99. The predicted molar refractivity (Wildman–Crippen MR) is 129 cm³/mol. The Morgan fingerprint density at radius 1 is 0.812 bits per heavy atom. The third-order valence-electron chi connectivity index (χ3n) is 4.54. The number of thioether (sulfide) groups is 1. The number of benzene rings is 3. The second kappa shape index (κ2) is 10.3. The van der Waals surface area contributed by atoms with Crippen molar-refractivity contribution in [3.05, 3.63) is 113 Å². The normalized spacial score (nSPS) is 11.5. The Labute approximate surface area is 193 Å². The average Bonchev–Trinajstić information content (AvgIpc) is 3.35. The lowest BCUT2D eigenvalue weighted by Crippen LogP contribution is -2.19. The molecule has 0 aliphatic rings. The summed E-state index contributed by atoms with van der Waals surface area (Å²) in [7, 11) is 0. The van der Waals surface area contributed by atoms with Crippen LogP contribution in [0.4, 0.5) is 15.8 Å². The zero-order valence-corrected chi connectivity index (χ0v) is 18.5. The third kappa shape index (κ3) is 5.63. The van der Waals surface area contributed by atoms with Crippen LogP contribution in [-0.4, -0.2) is 11.8 Å². The summed E-state index contributed by atoms with van der Waals surface area (Å²) in [5.41, 5.74) is 2.01. The molecule has 160 valence electrons. The highest BCUT2D eigenvalue weighted by Gasteiger charge is 2.22. The summed E-state index contributed by atoms with van der Waals surface area (Å²) < 4.78 is 13.2. The van der Waals surface area contributed by atoms with E-state index in [4.69, 9.17) is 0 Å². The number of amides is 2. The summed E-state index contributed by atoms with van der Waals surface area (Å²) in [5, 5.41) is 7.07. The molecule has 32 heavy (non-hydrogen) atoms. The summed E-state index contributed by atoms with van der Waals surface area (Å²) in [4.78, 5) is 27.0. The van der Waals surface area contributed by atoms with Crippen LogP contribution in [0.15, 0.2) is 101 Å². The first-order valence-electron chi connectivity index (χ1n) is 9.81. The summed E-state index contributed by atoms with van der Waals surface area (Å²) in [6, 6.07) is 26.1. The summed E-state index contributed by atoms with van der Waals surface area (Å²) in [6.45, 7) is 0. The van der Waals surface area contributed by atoms with Gasteiger partial charge in [-0.3, -0.25) is 9.59 Å². The number of hydrogen-bond acceptors (Lipinski definition) is 4. The number of halogens is 1. The van der Waals surface area contributed by atoms with Gasteiger partial charge in [-0.2, -0.15) is 0 Å². The molecule has 2 amide bonds. The Morgan fingerprint density at radius 3 is 2.31 bits per heavy atom. The van der Waals surface area contributed by atoms with Crippen LogP contribution < -0.4 is 10.6 Å². The van der Waals surface area contributed by atoms with E-state index in [1.165, 1.54) is 47.4 Å². The zero-order chi connectivity index (χ0) is 22.3. The largest absolute Gasteiger partial charge is 0.325 e. The molecule has 4 nitrogen and oxygen atoms in total. The first-order valence-corrected chi connectivity index (χ1v) is 11.6. The van der Waals surface area contributed by atoms with Crippen LogP contribution >= 0.6 is 23.1 Å². The molecule has 3 aromatic carbocycles. The zero-order valence-electron chi connectivity index (χ0n) is 16.8. The minimum atomic E-state index is -0.537. The molecule has 1 atom stereocenters. The predicted octanol–water partition coefficient (Wildman–Crippen LogP) is 6.61. The molecule has 1 heterocycles. The Balaban J connectivity index is 1.54. The van der Waals surface area contributed by atoms with Crippen molar-refractivity contribution in [1.29, 1.82) is 0 Å². The first kappa shape index (κ1) is 21.8. The van der Waals surface area contributed by atoms with Crippen molar-refractivity contribution in [2.45, 2.75) is 10.1 Å². The standard InChI is InChI=1S/C25H19FN2O2S2/c26-18-11-13-19(14-12-18)27-25(30)23(17-6-2-1-3-7-17)32-21-9-4-8-20(16-21)28-24(29)22-10-5-15-31-22/h1-16,23H,(H,27,30)(H,28,29). The number of hydrogen-bond donors (Lipinski definition) is 2. The summed E-state index contributed by atoms with van der Waals surface area (Å²) in [6.07, 6.45) is 0. The Kier molecular flexibility index (Phi) is 6.99. The molecule has 7 heteroatoms. The molecule has 0 saturated carbocycles. The lowest BCUT2D eigenvalue weighted by molar-refractivity contribution is -0.115. The van der Waals surface area contributed by atoms with Crippen molar-refractivity contribution in [3.63, 3.8) is 0 Å². The van der Waals surface area contributed by atoms with Gasteiger partial charge < -0.3 is 10.6 Å². The van der Waals surface area contributed by atoms with Crippen LogP contribution in [0.3, 0.4) is 0 Å². The highest BCUT2D eigenvalue weighted by atomic mass is 32.2. The molecule has 2 N–H and O–H groups in total. The third-order valence-corrected chi connectivity index (χ3v) is 6.66. The molecule has 0 spiro atoms. The van der Waals surface area contributed by atoms with Crippen LogP contribution in [0.2, 0.25) is 0 Å². The number of anilines is 2. The minimum Gasteiger partial charge on any atom is -0.325 e. The fraction of sp³-hybridized carbons (Fsp3) is 0.0400. The van der Waals surface area contributed by atoms with Gasteiger partial charge in [-0.1, -0.05) is 42.5 Å². The minimum absolute atomic E-state index is 0.171. The van der Waals surface area contributed by atoms with Gasteiger partial charge in [0.1, 0.15) is 11.1 Å². The number of nitrogens with one attached hydrogen (secondary N) is 2. The van der Waals surface area contributed by atoms with Gasteiger partial charge in [-0.05, 0) is 59.5 Å². The fourth-order valence-corrected chi connectivity index (χ4v) is 4.73. The maximum absolute atomic E-state index is 13.2. The van der Waals surface area contributed by atoms with Gasteiger partial charge in [0.2, 0.25) is 5.91 Å². The van der Waals surface area contributed by atoms with Gasteiger partial charge >= 0.3 is 0 Å². The molecule has 0 saturated heterocycles. The maximum atomic E-state index is 13.2. The Morgan fingerprint density at radius 2 is 1.59 bits per heavy atom. The molecule has 4 rings (SSSR count). The van der Waals surface area contributed by atoms with Gasteiger partial charge in [0.25, 0.3) is 5.91 Å². The molecule has 4 aromatic rings. The Hall–Kier alpha value is -3.42. The number of thiophene rings is 1. The number of rotatable bonds is 7. The lowest BCUT2D eigenvalue weighted by Gasteiger charge is -2.17. The van der Waals surface area contributed by atoms with Crippen LogP contribution in [-0.2, 0) is 4.79 Å². The van der Waals surface area contributed by atoms with E-state index in [1.807, 2.05) is 66.0 Å². The van der Waals surface area contributed by atoms with Crippen molar-refractivity contribution in [2.75, 3.05) is 10.6 Å². The average molecular weight is 463 g/mol. The van der Waals surface area contributed by atoms with Gasteiger partial charge in [0, 0.05) is 16.3 Å². The van der Waals surface area contributed by atoms with Crippen molar-refractivity contribution < 1.29 is 14.0 Å². The van der Waals surface area contributed by atoms with E-state index in [0.29, 0.717) is 16.3 Å². The summed E-state index contributed by atoms with van der Waals surface area (Å²) >= 11 is 2.75. The van der Waals surface area contributed by atoms with E-state index >= 15 is 0 Å². The van der Waals surface area contributed by atoms with Gasteiger partial charge in [-0.25, -0.2) is 4.39 Å². The SMILES string of the molecule is O=C(Nc1cccc(SC(C(=O)Nc2ccc(F)cc2)c2ccccc2)c1)c1cccs1. The van der Waals surface area contributed by atoms with E-state index in [-0.39, 0.29) is 17.6 Å². The van der Waals surface area contributed by atoms with Crippen LogP contribution in [0.1, 0.15) is 20.5 Å². The molecule has 0 bridgehead atoms. The van der Waals surface area contributed by atoms with E-state index in [9.17, 15) is 14.0 Å². The lowest BCUT2D eigenvalue weighted by atomic mass is 10.1. The second-order valence-electron chi connectivity index (χ2n) is 6.86. The Bertz CT molecular complexity index is 1200. The maximum Gasteiger partial charge on any atom is 0.265 e. The van der Waals surface area contributed by atoms with Crippen molar-refractivity contribution in [2.24, 2.45) is 0 Å². The molecule has 0 aliphatic heterocycles. The van der Waals surface area contributed by atoms with Crippen molar-refractivity contribution in [3.8, 4) is 0 Å². The smallest absolute Gasteiger partial charge is 0.265 e. The molecular weight excluding hydrogens is 443 g/mol. The van der Waals surface area contributed by atoms with Crippen LogP contribution in [0.5, 0.6) is 0 Å². The molecule has 0 aliphatic carbocycles. The number of carbonyl (C=O) groups excluding carboxylic acids is 2. The van der Waals surface area contributed by atoms with Gasteiger partial charge in [-0.15, -0.1) is 23.1 Å². The van der Waals surface area contributed by atoms with E-state index < -0.39 is 5.25 Å². The monoisotopic (exact) mass is 462 g/mol.